The van der Waals surface area contributed by atoms with Crippen molar-refractivity contribution in [3.8, 4) is 0 Å². The first-order valence-electron chi connectivity index (χ1n) is 22.9. The van der Waals surface area contributed by atoms with Crippen LogP contribution in [0.25, 0.3) is 0 Å². The van der Waals surface area contributed by atoms with Gasteiger partial charge >= 0.3 is 11.9 Å². The molecule has 5 aliphatic heterocycles. The number of Topliss-reactive ketones (excluding diaryl/α,β-unsaturated/α-hetero) is 1. The van der Waals surface area contributed by atoms with E-state index >= 15 is 0 Å². The molecule has 0 amide bonds. The first kappa shape index (κ1) is 48.1. The van der Waals surface area contributed by atoms with E-state index in [0.29, 0.717) is 57.8 Å². The highest BCUT2D eigenvalue weighted by Gasteiger charge is 2.64. The van der Waals surface area contributed by atoms with Crippen LogP contribution in [0.4, 0.5) is 0 Å². The third kappa shape index (κ3) is 9.40. The molecule has 3 N–H and O–H groups in total. The number of carboxylic acid groups (broad SMARTS) is 1. The Morgan fingerprint density at radius 2 is 1.54 bits per heavy atom. The molecular formula is C47H78O12. The summed E-state index contributed by atoms with van der Waals surface area (Å²) in [7, 11) is 0. The summed E-state index contributed by atoms with van der Waals surface area (Å²) in [6.07, 6.45) is 5.42. The standard InChI is InChI=1S/C47H78O12/c1-14-32(41(50)51)34-18-17-26(4)39(55-34)30(8)37(48)29(7)38(49)33(15-2)40-27(5)25-28(6)46(57-40)22-20-36(56-42(52)43(10,11)12)47(59-46)24-23-44(13,58-47)35-19-21-45(53,16-3)31(9)54-35/h20,22,26-37,39-40,48,53H,14-19,21,23-25H2,1-13H3,(H,50,51)/t26-,27-,28+,29-,30-,31-,32+,33-,34+,35+,36+,37+,39+,40-,44-,45+,46-,47-/m0/s1. The van der Waals surface area contributed by atoms with Crippen molar-refractivity contribution in [1.29, 1.82) is 0 Å². The second-order valence-corrected chi connectivity index (χ2v) is 20.5. The van der Waals surface area contributed by atoms with Crippen LogP contribution in [0.1, 0.15) is 154 Å². The lowest BCUT2D eigenvalue weighted by atomic mass is 9.72. The Bertz CT molecular complexity index is 1530. The van der Waals surface area contributed by atoms with Crippen LogP contribution in [0.2, 0.25) is 0 Å². The number of carbonyl (C=O) groups is 3. The minimum absolute atomic E-state index is 0.0238. The number of carbonyl (C=O) groups excluding carboxylic acids is 2. The zero-order valence-corrected chi connectivity index (χ0v) is 38.3. The van der Waals surface area contributed by atoms with Gasteiger partial charge in [0.05, 0.1) is 59.2 Å². The van der Waals surface area contributed by atoms with Gasteiger partial charge in [-0.05, 0) is 116 Å². The van der Waals surface area contributed by atoms with E-state index in [-0.39, 0.29) is 29.6 Å². The summed E-state index contributed by atoms with van der Waals surface area (Å²) in [5.74, 6) is -6.51. The number of ether oxygens (including phenoxy) is 6. The van der Waals surface area contributed by atoms with Crippen molar-refractivity contribution in [1.82, 2.24) is 0 Å². The van der Waals surface area contributed by atoms with Gasteiger partial charge in [0.1, 0.15) is 5.78 Å². The lowest BCUT2D eigenvalue weighted by molar-refractivity contribution is -0.409. The van der Waals surface area contributed by atoms with Crippen molar-refractivity contribution in [2.75, 3.05) is 0 Å². The van der Waals surface area contributed by atoms with Crippen LogP contribution >= 0.6 is 0 Å². The van der Waals surface area contributed by atoms with Crippen LogP contribution in [-0.4, -0.2) is 98.5 Å². The third-order valence-electron chi connectivity index (χ3n) is 15.3. The van der Waals surface area contributed by atoms with Crippen LogP contribution in [0, 0.1) is 46.8 Å². The molecule has 59 heavy (non-hydrogen) atoms. The van der Waals surface area contributed by atoms with Crippen molar-refractivity contribution in [3.63, 3.8) is 0 Å². The van der Waals surface area contributed by atoms with Crippen molar-refractivity contribution in [2.45, 2.75) is 220 Å². The molecule has 0 aromatic rings. The zero-order chi connectivity index (χ0) is 44.0. The Kier molecular flexibility index (Phi) is 14.7. The first-order chi connectivity index (χ1) is 27.4. The van der Waals surface area contributed by atoms with Crippen LogP contribution < -0.4 is 0 Å². The van der Waals surface area contributed by atoms with Crippen LogP contribution in [0.5, 0.6) is 0 Å². The Morgan fingerprint density at radius 3 is 2.12 bits per heavy atom. The highest BCUT2D eigenvalue weighted by Crippen LogP contribution is 2.55. The fraction of sp³-hybridized carbons (Fsp3) is 0.894. The summed E-state index contributed by atoms with van der Waals surface area (Å²) in [5.41, 5.74) is -2.51. The van der Waals surface area contributed by atoms with E-state index in [0.717, 1.165) is 6.42 Å². The van der Waals surface area contributed by atoms with Gasteiger partial charge in [0.15, 0.2) is 11.9 Å². The van der Waals surface area contributed by atoms with E-state index in [4.69, 9.17) is 28.4 Å². The second kappa shape index (κ2) is 18.0. The Labute approximate surface area is 353 Å². The summed E-state index contributed by atoms with van der Waals surface area (Å²) in [6, 6.07) is 0. The quantitative estimate of drug-likeness (QED) is 0.122. The molecule has 0 unspecified atom stereocenters. The molecule has 0 aromatic heterocycles. The molecular weight excluding hydrogens is 757 g/mol. The number of ketones is 1. The van der Waals surface area contributed by atoms with Crippen LogP contribution in [0.15, 0.2) is 12.2 Å². The first-order valence-corrected chi connectivity index (χ1v) is 22.9. The molecule has 12 nitrogen and oxygen atoms in total. The number of carboxylic acids is 1. The minimum Gasteiger partial charge on any atom is -0.481 e. The summed E-state index contributed by atoms with van der Waals surface area (Å²) < 4.78 is 40.5. The highest BCUT2D eigenvalue weighted by molar-refractivity contribution is 5.84. The molecule has 0 saturated carbocycles. The highest BCUT2D eigenvalue weighted by atomic mass is 16.8. The fourth-order valence-electron chi connectivity index (χ4n) is 10.9. The average molecular weight is 835 g/mol. The molecule has 12 heteroatoms. The van der Waals surface area contributed by atoms with Crippen molar-refractivity contribution >= 4 is 17.7 Å². The predicted molar refractivity (Wildman–Crippen MR) is 222 cm³/mol. The molecule has 0 bridgehead atoms. The van der Waals surface area contributed by atoms with E-state index in [2.05, 4.69) is 20.8 Å². The van der Waals surface area contributed by atoms with E-state index in [9.17, 15) is 29.7 Å². The Morgan fingerprint density at radius 1 is 0.881 bits per heavy atom. The van der Waals surface area contributed by atoms with Gasteiger partial charge in [-0.3, -0.25) is 14.4 Å². The average Bonchev–Trinajstić information content (AvgIpc) is 3.52. The predicted octanol–water partition coefficient (Wildman–Crippen LogP) is 7.79. The van der Waals surface area contributed by atoms with Crippen LogP contribution in [-0.2, 0) is 42.8 Å². The molecule has 0 aromatic carbocycles. The normalized spacial score (nSPS) is 42.9. The van der Waals surface area contributed by atoms with Gasteiger partial charge in [0, 0.05) is 30.1 Å². The Hall–Kier alpha value is -1.93. The number of aliphatic carboxylic acids is 1. The van der Waals surface area contributed by atoms with E-state index in [1.165, 1.54) is 0 Å². The summed E-state index contributed by atoms with van der Waals surface area (Å²) in [6.45, 7) is 25.0. The summed E-state index contributed by atoms with van der Waals surface area (Å²) in [4.78, 5) is 40.1. The molecule has 18 atom stereocenters. The van der Waals surface area contributed by atoms with E-state index in [1.807, 2.05) is 74.5 Å². The lowest BCUT2D eigenvalue weighted by Crippen LogP contribution is -2.63. The monoisotopic (exact) mass is 835 g/mol. The number of esters is 1. The van der Waals surface area contributed by atoms with Crippen molar-refractivity contribution < 1.29 is 58.1 Å². The van der Waals surface area contributed by atoms with Crippen molar-refractivity contribution in [2.24, 2.45) is 46.8 Å². The molecule has 2 spiro atoms. The second-order valence-electron chi connectivity index (χ2n) is 20.5. The number of aliphatic hydroxyl groups is 2. The summed E-state index contributed by atoms with van der Waals surface area (Å²) >= 11 is 0. The van der Waals surface area contributed by atoms with Gasteiger partial charge < -0.3 is 43.7 Å². The fourth-order valence-corrected chi connectivity index (χ4v) is 10.9. The number of rotatable bonds is 13. The van der Waals surface area contributed by atoms with Crippen LogP contribution in [0.3, 0.4) is 0 Å². The van der Waals surface area contributed by atoms with Gasteiger partial charge in [-0.25, -0.2) is 0 Å². The number of hydrogen-bond acceptors (Lipinski definition) is 11. The molecule has 4 fully saturated rings. The molecule has 5 heterocycles. The third-order valence-corrected chi connectivity index (χ3v) is 15.3. The van der Waals surface area contributed by atoms with Gasteiger partial charge in [-0.1, -0.05) is 55.4 Å². The zero-order valence-electron chi connectivity index (χ0n) is 38.3. The van der Waals surface area contributed by atoms with Crippen molar-refractivity contribution in [3.05, 3.63) is 12.2 Å². The van der Waals surface area contributed by atoms with E-state index < -0.39 is 100 Å². The minimum atomic E-state index is -1.41. The van der Waals surface area contributed by atoms with E-state index in [1.54, 1.807) is 6.92 Å². The molecule has 5 aliphatic rings. The maximum absolute atomic E-state index is 14.6. The summed E-state index contributed by atoms with van der Waals surface area (Å²) in [5, 5.41) is 32.9. The maximum atomic E-state index is 14.6. The van der Waals surface area contributed by atoms with Gasteiger partial charge in [0.2, 0.25) is 5.79 Å². The maximum Gasteiger partial charge on any atom is 0.312 e. The SMILES string of the molecule is CC[C@@H](C(=O)[C@@H](C)[C@@H](O)[C@H](C)[C@@H]1O[C@@H]([C@@H](CC)C(=O)O)CC[C@@H]1C)[C@H]1O[C@]2(C=C[C@@H](OC(=O)C(C)(C)C)[C@]3(CC[C@@](C)([C@H]4CC[C@](O)(CC)[C@H](C)O4)O3)O2)[C@H](C)C[C@@H]1C. The largest absolute Gasteiger partial charge is 0.481 e. The molecule has 338 valence electrons. The Balaban J connectivity index is 1.40. The van der Waals surface area contributed by atoms with Gasteiger partial charge in [-0.2, -0.15) is 0 Å². The molecule has 0 radical (unpaired) electrons. The molecule has 4 saturated heterocycles. The topological polar surface area (TPSA) is 167 Å². The van der Waals surface area contributed by atoms with Gasteiger partial charge in [-0.15, -0.1) is 0 Å². The number of aliphatic hydroxyl groups excluding tert-OH is 1. The number of hydrogen-bond donors (Lipinski definition) is 3. The molecule has 5 rings (SSSR count). The van der Waals surface area contributed by atoms with Gasteiger partial charge in [0.25, 0.3) is 0 Å². The lowest BCUT2D eigenvalue weighted by Gasteiger charge is -2.54. The molecule has 0 aliphatic carbocycles. The smallest absolute Gasteiger partial charge is 0.312 e.